The molecule has 0 aliphatic heterocycles. The largest absolute Gasteiger partial charge is 0.493 e. The van der Waals surface area contributed by atoms with Crippen molar-refractivity contribution >= 4 is 17.0 Å². The Balaban J connectivity index is 1.83. The fourth-order valence-electron chi connectivity index (χ4n) is 3.23. The van der Waals surface area contributed by atoms with Crippen LogP contribution in [0.1, 0.15) is 41.4 Å². The van der Waals surface area contributed by atoms with Gasteiger partial charge in [0.05, 0.1) is 18.7 Å². The molecule has 27 heavy (non-hydrogen) atoms. The molecule has 6 nitrogen and oxygen atoms in total. The van der Waals surface area contributed by atoms with Crippen molar-refractivity contribution in [2.45, 2.75) is 33.6 Å². The molecule has 140 valence electrons. The molecule has 1 aromatic carbocycles. The summed E-state index contributed by atoms with van der Waals surface area (Å²) >= 11 is 0. The van der Waals surface area contributed by atoms with Crippen LogP contribution in [0.3, 0.4) is 0 Å². The quantitative estimate of drug-likeness (QED) is 0.662. The number of fused-ring (bicyclic) bond motifs is 1. The van der Waals surface area contributed by atoms with Gasteiger partial charge in [-0.1, -0.05) is 11.6 Å². The molecule has 2 heterocycles. The molecule has 0 atom stereocenters. The topological polar surface area (TPSA) is 77.1 Å². The van der Waals surface area contributed by atoms with Crippen LogP contribution in [0.2, 0.25) is 0 Å². The average molecular weight is 365 g/mol. The predicted molar refractivity (Wildman–Crippen MR) is 103 cm³/mol. The Hall–Kier alpha value is -2.89. The molecule has 0 unspecified atom stereocenters. The number of carbonyl (C=O) groups is 1. The first-order valence-electron chi connectivity index (χ1n) is 9.32. The standard InChI is InChI=1S/C21H23N3O3/c1-4-26-21(25)17-13(3)24-20-18(22-11-23-19(17)20)15-9-12(2)5-8-16(15)27-10-14-6-7-14/h5,8-9,11,14,24H,4,6-7,10H2,1-3H3. The monoisotopic (exact) mass is 365 g/mol. The molecule has 1 fully saturated rings. The van der Waals surface area contributed by atoms with Crippen LogP contribution < -0.4 is 4.74 Å². The zero-order valence-corrected chi connectivity index (χ0v) is 15.8. The van der Waals surface area contributed by atoms with Crippen LogP contribution in [0, 0.1) is 19.8 Å². The maximum absolute atomic E-state index is 12.4. The summed E-state index contributed by atoms with van der Waals surface area (Å²) in [4.78, 5) is 24.5. The van der Waals surface area contributed by atoms with E-state index in [0.717, 1.165) is 40.4 Å². The highest BCUT2D eigenvalue weighted by Crippen LogP contribution is 2.37. The minimum atomic E-state index is -0.375. The first kappa shape index (κ1) is 17.5. The molecule has 0 radical (unpaired) electrons. The molecule has 0 amide bonds. The molecule has 2 aromatic heterocycles. The molecule has 3 aromatic rings. The van der Waals surface area contributed by atoms with Gasteiger partial charge in [0.2, 0.25) is 0 Å². The highest BCUT2D eigenvalue weighted by molar-refractivity contribution is 6.07. The van der Waals surface area contributed by atoms with E-state index in [0.29, 0.717) is 23.6 Å². The lowest BCUT2D eigenvalue weighted by Gasteiger charge is -2.12. The normalized spacial score (nSPS) is 13.7. The third-order valence-corrected chi connectivity index (χ3v) is 4.81. The van der Waals surface area contributed by atoms with E-state index in [-0.39, 0.29) is 5.97 Å². The number of ether oxygens (including phenoxy) is 2. The number of H-pyrrole nitrogens is 1. The smallest absolute Gasteiger partial charge is 0.342 e. The number of hydrogen-bond donors (Lipinski definition) is 1. The van der Waals surface area contributed by atoms with Gasteiger partial charge >= 0.3 is 5.97 Å². The number of nitrogens with one attached hydrogen (secondary N) is 1. The molecular formula is C21H23N3O3. The van der Waals surface area contributed by atoms with Crippen LogP contribution in [0.4, 0.5) is 0 Å². The average Bonchev–Trinajstić information content (AvgIpc) is 3.40. The first-order chi connectivity index (χ1) is 13.1. The van der Waals surface area contributed by atoms with Crippen molar-refractivity contribution in [2.24, 2.45) is 5.92 Å². The Labute approximate surface area is 157 Å². The second kappa shape index (κ2) is 7.02. The van der Waals surface area contributed by atoms with E-state index < -0.39 is 0 Å². The fourth-order valence-corrected chi connectivity index (χ4v) is 3.23. The zero-order chi connectivity index (χ0) is 19.0. The van der Waals surface area contributed by atoms with Gasteiger partial charge in [-0.2, -0.15) is 0 Å². The maximum Gasteiger partial charge on any atom is 0.342 e. The molecule has 1 aliphatic rings. The number of aromatic nitrogens is 3. The number of rotatable bonds is 6. The van der Waals surface area contributed by atoms with Gasteiger partial charge in [-0.05, 0) is 51.7 Å². The molecule has 6 heteroatoms. The number of esters is 1. The van der Waals surface area contributed by atoms with Crippen molar-refractivity contribution in [3.8, 4) is 17.0 Å². The van der Waals surface area contributed by atoms with Gasteiger partial charge in [0.1, 0.15) is 28.9 Å². The Morgan fingerprint density at radius 2 is 2.07 bits per heavy atom. The number of hydrogen-bond acceptors (Lipinski definition) is 5. The Kier molecular flexibility index (Phi) is 4.56. The van der Waals surface area contributed by atoms with E-state index in [1.54, 1.807) is 6.92 Å². The van der Waals surface area contributed by atoms with Crippen LogP contribution in [0.25, 0.3) is 22.3 Å². The van der Waals surface area contributed by atoms with E-state index in [2.05, 4.69) is 21.0 Å². The summed E-state index contributed by atoms with van der Waals surface area (Å²) in [6.07, 6.45) is 3.95. The second-order valence-corrected chi connectivity index (χ2v) is 7.05. The van der Waals surface area contributed by atoms with E-state index >= 15 is 0 Å². The minimum Gasteiger partial charge on any atom is -0.493 e. The minimum absolute atomic E-state index is 0.319. The zero-order valence-electron chi connectivity index (χ0n) is 15.8. The van der Waals surface area contributed by atoms with Gasteiger partial charge in [-0.15, -0.1) is 0 Å². The molecular weight excluding hydrogens is 342 g/mol. The SMILES string of the molecule is CCOC(=O)c1c(C)[nH]c2c(-c3cc(C)ccc3OCC3CC3)ncnc12. The third kappa shape index (κ3) is 3.39. The summed E-state index contributed by atoms with van der Waals surface area (Å²) in [7, 11) is 0. The van der Waals surface area contributed by atoms with E-state index in [4.69, 9.17) is 9.47 Å². The third-order valence-electron chi connectivity index (χ3n) is 4.81. The summed E-state index contributed by atoms with van der Waals surface area (Å²) in [6, 6.07) is 6.08. The van der Waals surface area contributed by atoms with E-state index in [9.17, 15) is 4.79 Å². The molecule has 1 N–H and O–H groups in total. The number of aryl methyl sites for hydroxylation is 2. The summed E-state index contributed by atoms with van der Waals surface area (Å²) < 4.78 is 11.3. The highest BCUT2D eigenvalue weighted by atomic mass is 16.5. The van der Waals surface area contributed by atoms with Crippen LogP contribution in [0.5, 0.6) is 5.75 Å². The number of aromatic amines is 1. The van der Waals surface area contributed by atoms with Gasteiger partial charge in [-0.25, -0.2) is 14.8 Å². The van der Waals surface area contributed by atoms with E-state index in [1.807, 2.05) is 26.0 Å². The summed E-state index contributed by atoms with van der Waals surface area (Å²) in [5.74, 6) is 1.09. The molecule has 0 bridgehead atoms. The van der Waals surface area contributed by atoms with Crippen LogP contribution >= 0.6 is 0 Å². The Morgan fingerprint density at radius 3 is 2.81 bits per heavy atom. The van der Waals surface area contributed by atoms with Crippen molar-refractivity contribution < 1.29 is 14.3 Å². The second-order valence-electron chi connectivity index (χ2n) is 7.05. The van der Waals surface area contributed by atoms with Gasteiger partial charge < -0.3 is 14.5 Å². The first-order valence-corrected chi connectivity index (χ1v) is 9.32. The van der Waals surface area contributed by atoms with Crippen molar-refractivity contribution in [2.75, 3.05) is 13.2 Å². The molecule has 1 saturated carbocycles. The maximum atomic E-state index is 12.4. The number of nitrogens with zero attached hydrogens (tertiary/aromatic N) is 2. The molecule has 1 aliphatic carbocycles. The lowest BCUT2D eigenvalue weighted by Crippen LogP contribution is -2.06. The van der Waals surface area contributed by atoms with Gasteiger partial charge in [-0.3, -0.25) is 0 Å². The lowest BCUT2D eigenvalue weighted by molar-refractivity contribution is 0.0527. The molecule has 0 saturated heterocycles. The van der Waals surface area contributed by atoms with Crippen molar-refractivity contribution in [1.29, 1.82) is 0 Å². The Bertz CT molecular complexity index is 1010. The van der Waals surface area contributed by atoms with Crippen LogP contribution in [-0.2, 0) is 4.74 Å². The van der Waals surface area contributed by atoms with Crippen LogP contribution in [-0.4, -0.2) is 34.1 Å². The highest BCUT2D eigenvalue weighted by Gasteiger charge is 2.24. The van der Waals surface area contributed by atoms with Crippen molar-refractivity contribution in [3.05, 3.63) is 41.3 Å². The summed E-state index contributed by atoms with van der Waals surface area (Å²) in [6.45, 7) is 6.72. The fraction of sp³-hybridized carbons (Fsp3) is 0.381. The number of carbonyl (C=O) groups excluding carboxylic acids is 1. The van der Waals surface area contributed by atoms with Gasteiger partial charge in [0, 0.05) is 11.3 Å². The van der Waals surface area contributed by atoms with E-state index in [1.165, 1.54) is 19.2 Å². The lowest BCUT2D eigenvalue weighted by atomic mass is 10.1. The summed E-state index contributed by atoms with van der Waals surface area (Å²) in [5, 5.41) is 0. The predicted octanol–water partition coefficient (Wildman–Crippen LogP) is 4.21. The van der Waals surface area contributed by atoms with Gasteiger partial charge in [0.25, 0.3) is 0 Å². The van der Waals surface area contributed by atoms with Gasteiger partial charge in [0.15, 0.2) is 0 Å². The Morgan fingerprint density at radius 1 is 1.26 bits per heavy atom. The van der Waals surface area contributed by atoms with Crippen molar-refractivity contribution in [1.82, 2.24) is 15.0 Å². The number of benzene rings is 1. The summed E-state index contributed by atoms with van der Waals surface area (Å²) in [5.41, 5.74) is 5.23. The van der Waals surface area contributed by atoms with Crippen molar-refractivity contribution in [3.63, 3.8) is 0 Å². The molecule has 4 rings (SSSR count). The van der Waals surface area contributed by atoms with Crippen LogP contribution in [0.15, 0.2) is 24.5 Å². The molecule has 0 spiro atoms.